The van der Waals surface area contributed by atoms with E-state index in [0.717, 1.165) is 6.20 Å². The van der Waals surface area contributed by atoms with Gasteiger partial charge in [0, 0.05) is 31.0 Å². The first-order chi connectivity index (χ1) is 8.57. The molecule has 0 fully saturated rings. The van der Waals surface area contributed by atoms with E-state index in [9.17, 15) is 13.2 Å². The summed E-state index contributed by atoms with van der Waals surface area (Å²) in [6, 6.07) is 1.30. The number of anilines is 1. The number of H-pyrrole nitrogens is 1. The van der Waals surface area contributed by atoms with Crippen LogP contribution in [0, 0.1) is 0 Å². The predicted octanol–water partition coefficient (Wildman–Crippen LogP) is 1.87. The van der Waals surface area contributed by atoms with E-state index in [1.165, 1.54) is 18.5 Å². The number of hydrogen-bond acceptors (Lipinski definition) is 4. The number of rotatable bonds is 4. The first kappa shape index (κ1) is 12.3. The third-order valence-corrected chi connectivity index (χ3v) is 2.29. The van der Waals surface area contributed by atoms with Gasteiger partial charge in [-0.1, -0.05) is 0 Å². The highest BCUT2D eigenvalue weighted by molar-refractivity contribution is 5.50. The topological polar surface area (TPSA) is 66.5 Å². The Morgan fingerprint density at radius 2 is 2.11 bits per heavy atom. The van der Waals surface area contributed by atoms with Gasteiger partial charge in [0.2, 0.25) is 0 Å². The zero-order chi connectivity index (χ0) is 13.0. The van der Waals surface area contributed by atoms with Crippen molar-refractivity contribution in [1.82, 2.24) is 20.4 Å². The highest BCUT2D eigenvalue weighted by Crippen LogP contribution is 2.33. The molecule has 2 rings (SSSR count). The molecule has 0 aromatic carbocycles. The Morgan fingerprint density at radius 3 is 2.78 bits per heavy atom. The monoisotopic (exact) mass is 257 g/mol. The molecule has 2 heterocycles. The second-order valence-corrected chi connectivity index (χ2v) is 3.56. The fraction of sp³-hybridized carbons (Fsp3) is 0.300. The van der Waals surface area contributed by atoms with Gasteiger partial charge in [-0.05, 0) is 6.07 Å². The van der Waals surface area contributed by atoms with Gasteiger partial charge in [-0.15, -0.1) is 0 Å². The SMILES string of the molecule is FC(F)(F)c1cnccc1NCCc1cn[nH]n1. The fourth-order valence-corrected chi connectivity index (χ4v) is 1.45. The van der Waals surface area contributed by atoms with Crippen molar-refractivity contribution in [2.45, 2.75) is 12.6 Å². The largest absolute Gasteiger partial charge is 0.419 e. The Kier molecular flexibility index (Phi) is 3.45. The summed E-state index contributed by atoms with van der Waals surface area (Å²) in [6.07, 6.45) is -0.286. The van der Waals surface area contributed by atoms with E-state index >= 15 is 0 Å². The van der Waals surface area contributed by atoms with E-state index in [1.54, 1.807) is 0 Å². The van der Waals surface area contributed by atoms with Crippen LogP contribution in [0.3, 0.4) is 0 Å². The zero-order valence-electron chi connectivity index (χ0n) is 9.20. The molecule has 0 aliphatic carbocycles. The molecule has 0 saturated heterocycles. The van der Waals surface area contributed by atoms with Gasteiger partial charge in [-0.2, -0.15) is 28.6 Å². The van der Waals surface area contributed by atoms with Gasteiger partial charge in [-0.3, -0.25) is 4.98 Å². The molecule has 0 amide bonds. The maximum Gasteiger partial charge on any atom is 0.419 e. The lowest BCUT2D eigenvalue weighted by Gasteiger charge is -2.13. The molecule has 8 heteroatoms. The number of halogens is 3. The number of aromatic nitrogens is 4. The van der Waals surface area contributed by atoms with Crippen molar-refractivity contribution < 1.29 is 13.2 Å². The van der Waals surface area contributed by atoms with Gasteiger partial charge in [0.25, 0.3) is 0 Å². The summed E-state index contributed by atoms with van der Waals surface area (Å²) in [4.78, 5) is 3.48. The summed E-state index contributed by atoms with van der Waals surface area (Å²) >= 11 is 0. The van der Waals surface area contributed by atoms with Crippen LogP contribution in [0.4, 0.5) is 18.9 Å². The Balaban J connectivity index is 2.01. The number of nitrogens with one attached hydrogen (secondary N) is 2. The van der Waals surface area contributed by atoms with Crippen molar-refractivity contribution in [1.29, 1.82) is 0 Å². The molecule has 0 radical (unpaired) electrons. The van der Waals surface area contributed by atoms with Crippen molar-refractivity contribution in [2.75, 3.05) is 11.9 Å². The summed E-state index contributed by atoms with van der Waals surface area (Å²) < 4.78 is 37.9. The summed E-state index contributed by atoms with van der Waals surface area (Å²) in [5.41, 5.74) is -0.0729. The molecule has 2 aromatic heterocycles. The lowest BCUT2D eigenvalue weighted by molar-refractivity contribution is -0.137. The molecule has 2 N–H and O–H groups in total. The molecule has 0 saturated carbocycles. The van der Waals surface area contributed by atoms with E-state index in [0.29, 0.717) is 18.7 Å². The Labute approximate surface area is 100 Å². The van der Waals surface area contributed by atoms with Crippen LogP contribution in [0.25, 0.3) is 0 Å². The predicted molar refractivity (Wildman–Crippen MR) is 57.8 cm³/mol. The van der Waals surface area contributed by atoms with Crippen molar-refractivity contribution >= 4 is 5.69 Å². The van der Waals surface area contributed by atoms with Crippen LogP contribution >= 0.6 is 0 Å². The quantitative estimate of drug-likeness (QED) is 0.877. The lowest BCUT2D eigenvalue weighted by Crippen LogP contribution is -2.13. The number of alkyl halides is 3. The molecule has 0 bridgehead atoms. The van der Waals surface area contributed by atoms with E-state index in [2.05, 4.69) is 25.7 Å². The number of aromatic amines is 1. The molecule has 5 nitrogen and oxygen atoms in total. The third kappa shape index (κ3) is 2.96. The maximum absolute atomic E-state index is 12.6. The third-order valence-electron chi connectivity index (χ3n) is 2.29. The minimum absolute atomic E-state index is 0.0148. The van der Waals surface area contributed by atoms with Crippen LogP contribution in [0.2, 0.25) is 0 Å². The number of pyridine rings is 1. The highest BCUT2D eigenvalue weighted by atomic mass is 19.4. The standard InChI is InChI=1S/C10H10F3N5/c11-10(12,13)8-6-14-3-2-9(8)15-4-1-7-5-16-18-17-7/h2-3,5-6H,1,4H2,(H,14,15)(H,16,17,18). The van der Waals surface area contributed by atoms with Crippen molar-refractivity contribution in [3.63, 3.8) is 0 Å². The average molecular weight is 257 g/mol. The molecule has 0 spiro atoms. The summed E-state index contributed by atoms with van der Waals surface area (Å²) in [5.74, 6) is 0. The molecule has 0 atom stereocenters. The van der Waals surface area contributed by atoms with Crippen LogP contribution in [0.15, 0.2) is 24.7 Å². The average Bonchev–Trinajstić information content (AvgIpc) is 2.81. The zero-order valence-corrected chi connectivity index (χ0v) is 9.20. The molecule has 0 aliphatic rings. The first-order valence-electron chi connectivity index (χ1n) is 5.17. The minimum atomic E-state index is -4.41. The van der Waals surface area contributed by atoms with E-state index in [1.807, 2.05) is 0 Å². The Hall–Kier alpha value is -2.12. The molecule has 0 unspecified atom stereocenters. The van der Waals surface area contributed by atoms with Crippen LogP contribution in [0.5, 0.6) is 0 Å². The molecule has 96 valence electrons. The molecular weight excluding hydrogens is 247 g/mol. The first-order valence-corrected chi connectivity index (χ1v) is 5.17. The summed E-state index contributed by atoms with van der Waals surface area (Å²) in [6.45, 7) is 0.333. The van der Waals surface area contributed by atoms with E-state index in [4.69, 9.17) is 0 Å². The normalized spacial score (nSPS) is 11.5. The number of nitrogens with zero attached hydrogens (tertiary/aromatic N) is 3. The van der Waals surface area contributed by atoms with E-state index in [-0.39, 0.29) is 5.69 Å². The van der Waals surface area contributed by atoms with Crippen molar-refractivity contribution in [2.24, 2.45) is 0 Å². The fourth-order valence-electron chi connectivity index (χ4n) is 1.45. The Morgan fingerprint density at radius 1 is 1.28 bits per heavy atom. The molecule has 18 heavy (non-hydrogen) atoms. The van der Waals surface area contributed by atoms with Crippen LogP contribution < -0.4 is 5.32 Å². The van der Waals surface area contributed by atoms with Crippen molar-refractivity contribution in [3.8, 4) is 0 Å². The van der Waals surface area contributed by atoms with Gasteiger partial charge < -0.3 is 5.32 Å². The van der Waals surface area contributed by atoms with Gasteiger partial charge >= 0.3 is 6.18 Å². The van der Waals surface area contributed by atoms with Crippen molar-refractivity contribution in [3.05, 3.63) is 35.9 Å². The molecular formula is C10H10F3N5. The molecule has 2 aromatic rings. The van der Waals surface area contributed by atoms with Gasteiger partial charge in [-0.25, -0.2) is 0 Å². The summed E-state index contributed by atoms with van der Waals surface area (Å²) in [5, 5.41) is 12.6. The van der Waals surface area contributed by atoms with Crippen LogP contribution in [-0.4, -0.2) is 26.9 Å². The van der Waals surface area contributed by atoms with Gasteiger partial charge in [0.1, 0.15) is 0 Å². The van der Waals surface area contributed by atoms with Gasteiger partial charge in [0.15, 0.2) is 0 Å². The van der Waals surface area contributed by atoms with Crippen LogP contribution in [-0.2, 0) is 12.6 Å². The lowest BCUT2D eigenvalue weighted by atomic mass is 10.2. The number of hydrogen-bond donors (Lipinski definition) is 2. The summed E-state index contributed by atoms with van der Waals surface area (Å²) in [7, 11) is 0. The highest BCUT2D eigenvalue weighted by Gasteiger charge is 2.33. The second-order valence-electron chi connectivity index (χ2n) is 3.56. The second kappa shape index (κ2) is 5.03. The minimum Gasteiger partial charge on any atom is -0.384 e. The smallest absolute Gasteiger partial charge is 0.384 e. The molecule has 0 aliphatic heterocycles. The van der Waals surface area contributed by atoms with E-state index < -0.39 is 11.7 Å². The van der Waals surface area contributed by atoms with Crippen LogP contribution in [0.1, 0.15) is 11.3 Å². The van der Waals surface area contributed by atoms with Gasteiger partial charge in [0.05, 0.1) is 17.5 Å². The Bertz CT molecular complexity index is 494. The maximum atomic E-state index is 12.6.